The Hall–Kier alpha value is -1.22. The van der Waals surface area contributed by atoms with Crippen LogP contribution >= 0.6 is 0 Å². The van der Waals surface area contributed by atoms with Crippen molar-refractivity contribution in [1.29, 1.82) is 0 Å². The summed E-state index contributed by atoms with van der Waals surface area (Å²) in [6.07, 6.45) is 14.3. The minimum absolute atomic E-state index is 0.0722. The summed E-state index contributed by atoms with van der Waals surface area (Å²) < 4.78 is 0. The Labute approximate surface area is 122 Å². The molecule has 0 fully saturated rings. The molecule has 0 rings (SSSR count). The summed E-state index contributed by atoms with van der Waals surface area (Å²) in [5.74, 6) is 0.198. The van der Waals surface area contributed by atoms with Gasteiger partial charge in [0.25, 0.3) is 0 Å². The third kappa shape index (κ3) is 13.2. The summed E-state index contributed by atoms with van der Waals surface area (Å²) in [7, 11) is 0. The summed E-state index contributed by atoms with van der Waals surface area (Å²) in [5, 5.41) is 8.61. The van der Waals surface area contributed by atoms with Crippen LogP contribution in [0.5, 0.6) is 0 Å². The lowest BCUT2D eigenvalue weighted by atomic mass is 10.1. The number of carbonyl (C=O) groups is 2. The molecule has 1 N–H and O–H groups in total. The number of aliphatic hydroxyl groups is 1. The van der Waals surface area contributed by atoms with Crippen LogP contribution in [0.25, 0.3) is 0 Å². The number of carbonyl (C=O) groups excluding carboxylic acids is 2. The van der Waals surface area contributed by atoms with Crippen molar-refractivity contribution in [3.63, 3.8) is 0 Å². The van der Waals surface area contributed by atoms with Gasteiger partial charge in [0.05, 0.1) is 0 Å². The SMILES string of the molecule is CCCCCCC(=O)/C=C/C=C/C(=O)CCCCCO. The molecule has 114 valence electrons. The third-order valence-electron chi connectivity index (χ3n) is 3.03. The molecule has 0 aliphatic heterocycles. The Balaban J connectivity index is 3.67. The van der Waals surface area contributed by atoms with Gasteiger partial charge in [-0.2, -0.15) is 0 Å². The second-order valence-corrected chi connectivity index (χ2v) is 5.00. The molecule has 0 saturated carbocycles. The number of ketones is 2. The van der Waals surface area contributed by atoms with Crippen LogP contribution < -0.4 is 0 Å². The van der Waals surface area contributed by atoms with E-state index in [1.54, 1.807) is 18.2 Å². The van der Waals surface area contributed by atoms with Crippen molar-refractivity contribution in [3.05, 3.63) is 24.3 Å². The highest BCUT2D eigenvalue weighted by Crippen LogP contribution is 2.03. The average molecular weight is 280 g/mol. The third-order valence-corrected chi connectivity index (χ3v) is 3.03. The Morgan fingerprint density at radius 1 is 0.800 bits per heavy atom. The Bertz CT molecular complexity index is 284. The minimum Gasteiger partial charge on any atom is -0.396 e. The molecule has 0 aliphatic rings. The zero-order chi connectivity index (χ0) is 15.1. The molecular weight excluding hydrogens is 252 g/mol. The van der Waals surface area contributed by atoms with Gasteiger partial charge in [-0.05, 0) is 31.4 Å². The lowest BCUT2D eigenvalue weighted by molar-refractivity contribution is -0.115. The van der Waals surface area contributed by atoms with Gasteiger partial charge < -0.3 is 5.11 Å². The van der Waals surface area contributed by atoms with Crippen LogP contribution in [0.1, 0.15) is 64.7 Å². The van der Waals surface area contributed by atoms with Crippen molar-refractivity contribution in [2.75, 3.05) is 6.61 Å². The van der Waals surface area contributed by atoms with E-state index in [4.69, 9.17) is 5.11 Å². The first kappa shape index (κ1) is 18.8. The van der Waals surface area contributed by atoms with E-state index in [1.807, 2.05) is 0 Å². The number of hydrogen-bond donors (Lipinski definition) is 1. The molecule has 20 heavy (non-hydrogen) atoms. The Kier molecular flexibility index (Phi) is 13.3. The van der Waals surface area contributed by atoms with E-state index in [1.165, 1.54) is 18.9 Å². The largest absolute Gasteiger partial charge is 0.396 e. The van der Waals surface area contributed by atoms with Gasteiger partial charge in [0, 0.05) is 19.4 Å². The molecular formula is C17H28O3. The highest BCUT2D eigenvalue weighted by molar-refractivity contribution is 5.91. The normalized spacial score (nSPS) is 11.5. The first-order valence-electron chi connectivity index (χ1n) is 7.72. The van der Waals surface area contributed by atoms with Crippen LogP contribution in [0.4, 0.5) is 0 Å². The number of aliphatic hydroxyl groups excluding tert-OH is 1. The monoisotopic (exact) mass is 280 g/mol. The molecule has 3 nitrogen and oxygen atoms in total. The minimum atomic E-state index is 0.0722. The molecule has 0 bridgehead atoms. The highest BCUT2D eigenvalue weighted by atomic mass is 16.2. The maximum Gasteiger partial charge on any atom is 0.155 e. The maximum absolute atomic E-state index is 11.5. The van der Waals surface area contributed by atoms with Crippen molar-refractivity contribution in [3.8, 4) is 0 Å². The maximum atomic E-state index is 11.5. The molecule has 0 heterocycles. The van der Waals surface area contributed by atoms with Crippen LogP contribution in [-0.2, 0) is 9.59 Å². The van der Waals surface area contributed by atoms with Gasteiger partial charge in [-0.3, -0.25) is 9.59 Å². The van der Waals surface area contributed by atoms with Gasteiger partial charge >= 0.3 is 0 Å². The van der Waals surface area contributed by atoms with Crippen LogP contribution in [0.2, 0.25) is 0 Å². The van der Waals surface area contributed by atoms with E-state index in [0.29, 0.717) is 12.8 Å². The van der Waals surface area contributed by atoms with Gasteiger partial charge in [-0.25, -0.2) is 0 Å². The predicted octanol–water partition coefficient (Wildman–Crippen LogP) is 3.76. The Morgan fingerprint density at radius 2 is 1.30 bits per heavy atom. The number of hydrogen-bond acceptors (Lipinski definition) is 3. The second-order valence-electron chi connectivity index (χ2n) is 5.00. The molecule has 0 spiro atoms. The zero-order valence-corrected chi connectivity index (χ0v) is 12.6. The molecule has 0 aliphatic carbocycles. The average Bonchev–Trinajstić information content (AvgIpc) is 2.44. The topological polar surface area (TPSA) is 54.4 Å². The van der Waals surface area contributed by atoms with Gasteiger partial charge in [0.2, 0.25) is 0 Å². The van der Waals surface area contributed by atoms with Crippen molar-refractivity contribution < 1.29 is 14.7 Å². The summed E-state index contributed by atoms with van der Waals surface area (Å²) in [6.45, 7) is 2.33. The number of unbranched alkanes of at least 4 members (excludes halogenated alkanes) is 5. The standard InChI is InChI=1S/C17H28O3/c1-2-3-4-6-11-16(19)13-8-9-14-17(20)12-7-5-10-15-18/h8-9,13-14,18H,2-7,10-12,15H2,1H3/b13-8+,14-9+. The van der Waals surface area contributed by atoms with E-state index in [9.17, 15) is 9.59 Å². The van der Waals surface area contributed by atoms with Crippen LogP contribution in [0.15, 0.2) is 24.3 Å². The Morgan fingerprint density at radius 3 is 1.75 bits per heavy atom. The zero-order valence-electron chi connectivity index (χ0n) is 12.6. The van der Waals surface area contributed by atoms with E-state index in [0.717, 1.165) is 32.1 Å². The first-order chi connectivity index (χ1) is 9.70. The summed E-state index contributed by atoms with van der Waals surface area (Å²) in [6, 6.07) is 0. The smallest absolute Gasteiger partial charge is 0.155 e. The lowest BCUT2D eigenvalue weighted by Gasteiger charge is -1.95. The lowest BCUT2D eigenvalue weighted by Crippen LogP contribution is -1.93. The van der Waals surface area contributed by atoms with Crippen molar-refractivity contribution in [2.45, 2.75) is 64.7 Å². The van der Waals surface area contributed by atoms with E-state index >= 15 is 0 Å². The predicted molar refractivity (Wildman–Crippen MR) is 82.6 cm³/mol. The molecule has 0 unspecified atom stereocenters. The molecule has 0 radical (unpaired) electrons. The molecule has 3 heteroatoms. The van der Waals surface area contributed by atoms with Gasteiger partial charge in [-0.1, -0.05) is 44.8 Å². The van der Waals surface area contributed by atoms with Gasteiger partial charge in [0.1, 0.15) is 0 Å². The van der Waals surface area contributed by atoms with Crippen molar-refractivity contribution in [2.24, 2.45) is 0 Å². The van der Waals surface area contributed by atoms with E-state index < -0.39 is 0 Å². The molecule has 0 aromatic heterocycles. The van der Waals surface area contributed by atoms with Crippen molar-refractivity contribution in [1.82, 2.24) is 0 Å². The van der Waals surface area contributed by atoms with Crippen LogP contribution in [0, 0.1) is 0 Å². The fourth-order valence-electron chi connectivity index (χ4n) is 1.81. The van der Waals surface area contributed by atoms with E-state index in [-0.39, 0.29) is 18.2 Å². The van der Waals surface area contributed by atoms with Gasteiger partial charge in [0.15, 0.2) is 11.6 Å². The molecule has 0 aromatic rings. The molecule has 0 atom stereocenters. The fraction of sp³-hybridized carbons (Fsp3) is 0.647. The first-order valence-corrected chi connectivity index (χ1v) is 7.72. The van der Waals surface area contributed by atoms with E-state index in [2.05, 4.69) is 6.92 Å². The molecule has 0 saturated heterocycles. The summed E-state index contributed by atoms with van der Waals surface area (Å²) in [5.41, 5.74) is 0. The highest BCUT2D eigenvalue weighted by Gasteiger charge is 1.97. The number of rotatable bonds is 13. The van der Waals surface area contributed by atoms with Gasteiger partial charge in [-0.15, -0.1) is 0 Å². The van der Waals surface area contributed by atoms with Crippen LogP contribution in [0.3, 0.4) is 0 Å². The quantitative estimate of drug-likeness (QED) is 0.317. The summed E-state index contributed by atoms with van der Waals surface area (Å²) in [4.78, 5) is 22.9. The summed E-state index contributed by atoms with van der Waals surface area (Å²) >= 11 is 0. The number of allylic oxidation sites excluding steroid dienone is 4. The molecule has 0 aromatic carbocycles. The second kappa shape index (κ2) is 14.2. The molecule has 0 amide bonds. The van der Waals surface area contributed by atoms with Crippen LogP contribution in [-0.4, -0.2) is 23.3 Å². The van der Waals surface area contributed by atoms with Crippen molar-refractivity contribution >= 4 is 11.6 Å². The fourth-order valence-corrected chi connectivity index (χ4v) is 1.81.